The van der Waals surface area contributed by atoms with Gasteiger partial charge in [0.1, 0.15) is 11.9 Å². The van der Waals surface area contributed by atoms with Gasteiger partial charge in [0, 0.05) is 24.0 Å². The monoisotopic (exact) mass is 436 g/mol. The lowest BCUT2D eigenvalue weighted by molar-refractivity contribution is -0.138. The van der Waals surface area contributed by atoms with Crippen LogP contribution in [0.15, 0.2) is 31.0 Å². The maximum absolute atomic E-state index is 13.6. The third-order valence-electron chi connectivity index (χ3n) is 7.95. The zero-order valence-electron chi connectivity index (χ0n) is 19.1. The van der Waals surface area contributed by atoms with Crippen LogP contribution in [0.4, 0.5) is 0 Å². The third-order valence-corrected chi connectivity index (χ3v) is 7.95. The van der Waals surface area contributed by atoms with Crippen molar-refractivity contribution >= 4 is 5.91 Å². The summed E-state index contributed by atoms with van der Waals surface area (Å²) in [7, 11) is 0. The lowest BCUT2D eigenvalue weighted by Gasteiger charge is -2.47. The van der Waals surface area contributed by atoms with E-state index in [4.69, 9.17) is 0 Å². The number of carbonyl (C=O) groups excluding carboxylic acids is 1. The average Bonchev–Trinajstić information content (AvgIpc) is 3.36. The van der Waals surface area contributed by atoms with Crippen LogP contribution >= 0.6 is 0 Å². The molecule has 3 heterocycles. The Labute approximate surface area is 191 Å². The van der Waals surface area contributed by atoms with E-state index in [0.717, 1.165) is 62.9 Å². The highest BCUT2D eigenvalue weighted by Gasteiger charge is 2.45. The molecule has 0 unspecified atom stereocenters. The summed E-state index contributed by atoms with van der Waals surface area (Å²) >= 11 is 0. The maximum atomic E-state index is 13.6. The molecule has 2 aromatic heterocycles. The normalized spacial score (nSPS) is 26.5. The minimum atomic E-state index is -0.246. The summed E-state index contributed by atoms with van der Waals surface area (Å²) < 4.78 is 2.09. The minimum absolute atomic E-state index is 0.246. The quantitative estimate of drug-likeness (QED) is 0.763. The van der Waals surface area contributed by atoms with Crippen molar-refractivity contribution in [3.63, 3.8) is 0 Å². The van der Waals surface area contributed by atoms with Crippen LogP contribution in [0.3, 0.4) is 0 Å². The molecule has 1 N–H and O–H groups in total. The Kier molecular flexibility index (Phi) is 6.53. The molecular formula is C25H36N6O. The van der Waals surface area contributed by atoms with E-state index in [2.05, 4.69) is 36.2 Å². The summed E-state index contributed by atoms with van der Waals surface area (Å²) in [6, 6.07) is 2.60. The van der Waals surface area contributed by atoms with Crippen molar-refractivity contribution in [3.8, 4) is 11.3 Å². The van der Waals surface area contributed by atoms with Crippen LogP contribution in [0.5, 0.6) is 0 Å². The smallest absolute Gasteiger partial charge is 0.240 e. The van der Waals surface area contributed by atoms with Gasteiger partial charge >= 0.3 is 0 Å². The highest BCUT2D eigenvalue weighted by Crippen LogP contribution is 2.37. The van der Waals surface area contributed by atoms with Gasteiger partial charge in [0.05, 0.1) is 17.9 Å². The number of amides is 1. The number of piperidine rings is 1. The van der Waals surface area contributed by atoms with E-state index < -0.39 is 0 Å². The Balaban J connectivity index is 1.19. The number of aromatic nitrogens is 4. The summed E-state index contributed by atoms with van der Waals surface area (Å²) in [5, 5.41) is 8.11. The molecule has 5 rings (SSSR count). The molecule has 1 saturated heterocycles. The third kappa shape index (κ3) is 4.45. The van der Waals surface area contributed by atoms with Crippen molar-refractivity contribution < 1.29 is 4.79 Å². The molecule has 3 fully saturated rings. The fourth-order valence-electron chi connectivity index (χ4n) is 6.08. The lowest BCUT2D eigenvalue weighted by atomic mass is 9.78. The van der Waals surface area contributed by atoms with E-state index in [0.29, 0.717) is 18.0 Å². The summed E-state index contributed by atoms with van der Waals surface area (Å²) in [6.07, 6.45) is 21.0. The summed E-state index contributed by atoms with van der Waals surface area (Å²) in [6.45, 7) is 2.18. The predicted molar refractivity (Wildman–Crippen MR) is 124 cm³/mol. The molecule has 0 bridgehead atoms. The first-order valence-electron chi connectivity index (χ1n) is 12.6. The second-order valence-corrected chi connectivity index (χ2v) is 9.92. The number of hydrogen-bond acceptors (Lipinski definition) is 5. The molecule has 0 radical (unpaired) electrons. The molecule has 2 aromatic rings. The van der Waals surface area contributed by atoms with Crippen LogP contribution in [-0.4, -0.2) is 55.2 Å². The highest BCUT2D eigenvalue weighted by molar-refractivity contribution is 5.86. The van der Waals surface area contributed by atoms with E-state index >= 15 is 0 Å². The fraction of sp³-hybridized carbons (Fsp3) is 0.680. The predicted octanol–water partition coefficient (Wildman–Crippen LogP) is 4.13. The first kappa shape index (κ1) is 21.6. The molecule has 3 aliphatic rings. The van der Waals surface area contributed by atoms with Gasteiger partial charge < -0.3 is 5.32 Å². The summed E-state index contributed by atoms with van der Waals surface area (Å²) in [4.78, 5) is 24.5. The van der Waals surface area contributed by atoms with Crippen LogP contribution in [0.1, 0.15) is 83.1 Å². The lowest BCUT2D eigenvalue weighted by Crippen LogP contribution is -2.62. The first-order chi connectivity index (χ1) is 15.7. The molecule has 1 amide bonds. The number of likely N-dealkylation sites (tertiary alicyclic amines) is 1. The Bertz CT molecular complexity index is 877. The summed E-state index contributed by atoms with van der Waals surface area (Å²) in [5.74, 6) is 0.313. The van der Waals surface area contributed by atoms with Crippen molar-refractivity contribution in [1.29, 1.82) is 0 Å². The number of nitrogens with zero attached hydrogens (tertiary/aromatic N) is 5. The molecule has 0 spiro atoms. The van der Waals surface area contributed by atoms with E-state index in [9.17, 15) is 4.79 Å². The fourth-order valence-corrected chi connectivity index (χ4v) is 6.08. The van der Waals surface area contributed by atoms with Crippen molar-refractivity contribution in [1.82, 2.24) is 30.0 Å². The van der Waals surface area contributed by atoms with Crippen LogP contribution < -0.4 is 5.32 Å². The Morgan fingerprint density at radius 1 is 1.00 bits per heavy atom. The molecular weight excluding hydrogens is 400 g/mol. The van der Waals surface area contributed by atoms with Crippen LogP contribution in [0, 0.1) is 0 Å². The Morgan fingerprint density at radius 3 is 2.47 bits per heavy atom. The van der Waals surface area contributed by atoms with Crippen LogP contribution in [0.25, 0.3) is 11.3 Å². The van der Waals surface area contributed by atoms with Gasteiger partial charge in [-0.1, -0.05) is 25.7 Å². The van der Waals surface area contributed by atoms with E-state index in [1.807, 2.05) is 12.3 Å². The van der Waals surface area contributed by atoms with Gasteiger partial charge in [-0.15, -0.1) is 0 Å². The molecule has 2 aliphatic carbocycles. The van der Waals surface area contributed by atoms with Crippen LogP contribution in [0.2, 0.25) is 0 Å². The van der Waals surface area contributed by atoms with E-state index in [1.54, 1.807) is 12.5 Å². The molecule has 172 valence electrons. The minimum Gasteiger partial charge on any atom is -0.352 e. The SMILES string of the molecule is O=C(NC1CCC(n2cc(-c3ccncn3)cn2)CC1)C1(N2CCCCC2)CCCCC1. The molecule has 32 heavy (non-hydrogen) atoms. The molecule has 7 nitrogen and oxygen atoms in total. The average molecular weight is 437 g/mol. The molecule has 0 aromatic carbocycles. The van der Waals surface area contributed by atoms with Crippen molar-refractivity contribution in [2.45, 2.75) is 94.7 Å². The number of hydrogen-bond donors (Lipinski definition) is 1. The van der Waals surface area contributed by atoms with Crippen molar-refractivity contribution in [2.75, 3.05) is 13.1 Å². The number of carbonyl (C=O) groups is 1. The largest absolute Gasteiger partial charge is 0.352 e. The van der Waals surface area contributed by atoms with E-state index in [1.165, 1.54) is 38.5 Å². The summed E-state index contributed by atoms with van der Waals surface area (Å²) in [5.41, 5.74) is 1.69. The van der Waals surface area contributed by atoms with Gasteiger partial charge in [-0.05, 0) is 70.5 Å². The molecule has 2 saturated carbocycles. The standard InChI is InChI=1S/C25H36N6O/c32-24(25(12-3-1-4-13-25)30-15-5-2-6-16-30)29-21-7-9-22(10-8-21)31-18-20(17-28-31)23-11-14-26-19-27-23/h11,14,17-19,21-22H,1-10,12-13,15-16H2,(H,29,32). The number of nitrogens with one attached hydrogen (secondary N) is 1. The zero-order valence-corrected chi connectivity index (χ0v) is 19.1. The van der Waals surface area contributed by atoms with Gasteiger partial charge in [-0.3, -0.25) is 14.4 Å². The highest BCUT2D eigenvalue weighted by atomic mass is 16.2. The van der Waals surface area contributed by atoms with E-state index in [-0.39, 0.29) is 5.54 Å². The number of rotatable bonds is 5. The maximum Gasteiger partial charge on any atom is 0.240 e. The van der Waals surface area contributed by atoms with Crippen molar-refractivity contribution in [2.24, 2.45) is 0 Å². The first-order valence-corrected chi connectivity index (χ1v) is 12.6. The van der Waals surface area contributed by atoms with Crippen LogP contribution in [-0.2, 0) is 4.79 Å². The topological polar surface area (TPSA) is 75.9 Å². The Hall–Kier alpha value is -2.28. The van der Waals surface area contributed by atoms with Gasteiger partial charge in [0.2, 0.25) is 5.91 Å². The van der Waals surface area contributed by atoms with Gasteiger partial charge in [0.15, 0.2) is 0 Å². The zero-order chi connectivity index (χ0) is 21.8. The second kappa shape index (κ2) is 9.69. The molecule has 0 atom stereocenters. The van der Waals surface area contributed by atoms with Gasteiger partial charge in [-0.25, -0.2) is 9.97 Å². The van der Waals surface area contributed by atoms with Gasteiger partial charge in [0.25, 0.3) is 0 Å². The van der Waals surface area contributed by atoms with Gasteiger partial charge in [-0.2, -0.15) is 5.10 Å². The molecule has 1 aliphatic heterocycles. The second-order valence-electron chi connectivity index (χ2n) is 9.92. The Morgan fingerprint density at radius 2 is 1.75 bits per heavy atom. The molecule has 7 heteroatoms. The van der Waals surface area contributed by atoms with Crippen molar-refractivity contribution in [3.05, 3.63) is 31.0 Å².